The second-order valence-electron chi connectivity index (χ2n) is 4.72. The Bertz CT molecular complexity index is 556. The van der Waals surface area contributed by atoms with Gasteiger partial charge in [-0.15, -0.1) is 0 Å². The van der Waals surface area contributed by atoms with Crippen molar-refractivity contribution >= 4 is 28.2 Å². The minimum absolute atomic E-state index is 0.0470. The highest BCUT2D eigenvalue weighted by atomic mass is 32.1. The molecular weight excluding hydrogens is 284 g/mol. The molecule has 2 atom stereocenters. The fourth-order valence-electron chi connectivity index (χ4n) is 2.48. The molecule has 1 aliphatic heterocycles. The summed E-state index contributed by atoms with van der Waals surface area (Å²) in [6.07, 6.45) is 1.22. The van der Waals surface area contributed by atoms with E-state index in [4.69, 9.17) is 0 Å². The van der Waals surface area contributed by atoms with E-state index in [-0.39, 0.29) is 10.9 Å². The summed E-state index contributed by atoms with van der Waals surface area (Å²) in [7, 11) is 1.56. The molecule has 1 amide bonds. The second kappa shape index (κ2) is 5.58. The monoisotopic (exact) mass is 298 g/mol. The lowest BCUT2D eigenvalue weighted by molar-refractivity contribution is -0.380. The van der Waals surface area contributed by atoms with E-state index in [1.807, 2.05) is 0 Å². The van der Waals surface area contributed by atoms with Crippen LogP contribution < -0.4 is 0 Å². The smallest absolute Gasteiger partial charge is 0.324 e. The Morgan fingerprint density at radius 2 is 2.25 bits per heavy atom. The molecule has 2 rings (SSSR count). The summed E-state index contributed by atoms with van der Waals surface area (Å²) < 4.78 is 0. The third-order valence-corrected chi connectivity index (χ3v) is 4.61. The van der Waals surface area contributed by atoms with Gasteiger partial charge in [0, 0.05) is 24.4 Å². The molecule has 1 aliphatic rings. The maximum absolute atomic E-state index is 11.9. The zero-order valence-electron chi connectivity index (χ0n) is 10.8. The van der Waals surface area contributed by atoms with Crippen molar-refractivity contribution in [2.24, 2.45) is 5.92 Å². The third-order valence-electron chi connectivity index (χ3n) is 3.50. The molecule has 1 fully saturated rings. The highest BCUT2D eigenvalue weighted by molar-refractivity contribution is 7.15. The number of rotatable bonds is 3. The van der Waals surface area contributed by atoms with Crippen LogP contribution in [0, 0.1) is 16.0 Å². The molecule has 0 spiro atoms. The lowest BCUT2D eigenvalue weighted by atomic mass is 9.94. The summed E-state index contributed by atoms with van der Waals surface area (Å²) in [6, 6.07) is 2.25. The van der Waals surface area contributed by atoms with Crippen molar-refractivity contribution in [1.82, 2.24) is 4.90 Å². The number of carbonyl (C=O) groups is 2. The van der Waals surface area contributed by atoms with E-state index in [0.717, 1.165) is 11.3 Å². The first-order chi connectivity index (χ1) is 9.41. The maximum Gasteiger partial charge on any atom is 0.324 e. The Balaban J connectivity index is 2.41. The number of nitro groups is 1. The molecule has 2 heterocycles. The van der Waals surface area contributed by atoms with Crippen molar-refractivity contribution in [2.45, 2.75) is 25.3 Å². The molecule has 108 valence electrons. The van der Waals surface area contributed by atoms with Crippen LogP contribution in [0.4, 0.5) is 5.00 Å². The van der Waals surface area contributed by atoms with Gasteiger partial charge in [0.25, 0.3) is 0 Å². The molecule has 0 aliphatic carbocycles. The standard InChI is InChI=1S/C12H14N2O5S/c1-13-9(15)4-2-3-7(12(16)17)11(13)8-5-6-10(20-8)14(18)19/h5-7,11H,2-4H2,1H3,(H,16,17). The SMILES string of the molecule is CN1C(=O)CCCC(C(=O)O)C1c1ccc([N+](=O)[O-])s1. The molecule has 8 heteroatoms. The van der Waals surface area contributed by atoms with Gasteiger partial charge in [-0.1, -0.05) is 11.3 Å². The van der Waals surface area contributed by atoms with Crippen molar-refractivity contribution in [3.63, 3.8) is 0 Å². The number of carboxylic acids is 1. The summed E-state index contributed by atoms with van der Waals surface area (Å²) >= 11 is 0.927. The summed E-state index contributed by atoms with van der Waals surface area (Å²) in [5, 5.41) is 20.0. The first-order valence-corrected chi connectivity index (χ1v) is 6.96. The summed E-state index contributed by atoms with van der Waals surface area (Å²) in [5.41, 5.74) is 0. The number of nitrogens with zero attached hydrogens (tertiary/aromatic N) is 2. The first kappa shape index (κ1) is 14.4. The highest BCUT2D eigenvalue weighted by Crippen LogP contribution is 2.39. The minimum Gasteiger partial charge on any atom is -0.481 e. The van der Waals surface area contributed by atoms with Crippen molar-refractivity contribution in [2.75, 3.05) is 7.05 Å². The van der Waals surface area contributed by atoms with Gasteiger partial charge in [-0.3, -0.25) is 19.7 Å². The molecule has 1 aromatic heterocycles. The molecule has 0 radical (unpaired) electrons. The molecule has 0 aromatic carbocycles. The molecule has 1 N–H and O–H groups in total. The number of carbonyl (C=O) groups excluding carboxylic acids is 1. The van der Waals surface area contributed by atoms with Crippen LogP contribution in [0.5, 0.6) is 0 Å². The predicted octanol–water partition coefficient (Wildman–Crippen LogP) is 2.04. The van der Waals surface area contributed by atoms with Crippen molar-refractivity contribution in [3.05, 3.63) is 27.1 Å². The maximum atomic E-state index is 11.9. The molecule has 7 nitrogen and oxygen atoms in total. The van der Waals surface area contributed by atoms with Crippen LogP contribution in [-0.2, 0) is 9.59 Å². The Kier molecular flexibility index (Phi) is 4.03. The number of likely N-dealkylation sites (tertiary alicyclic amines) is 1. The number of carboxylic acid groups (broad SMARTS) is 1. The number of hydrogen-bond acceptors (Lipinski definition) is 5. The fraction of sp³-hybridized carbons (Fsp3) is 0.500. The van der Waals surface area contributed by atoms with Gasteiger partial charge in [0.1, 0.15) is 0 Å². The van der Waals surface area contributed by atoms with Gasteiger partial charge in [-0.05, 0) is 18.9 Å². The van der Waals surface area contributed by atoms with Crippen LogP contribution in [0.3, 0.4) is 0 Å². The van der Waals surface area contributed by atoms with E-state index in [1.54, 1.807) is 13.1 Å². The van der Waals surface area contributed by atoms with Crippen LogP contribution >= 0.6 is 11.3 Å². The van der Waals surface area contributed by atoms with Crippen molar-refractivity contribution in [1.29, 1.82) is 0 Å². The Labute approximate surface area is 119 Å². The summed E-state index contributed by atoms with van der Waals surface area (Å²) in [4.78, 5) is 35.5. The van der Waals surface area contributed by atoms with Crippen molar-refractivity contribution < 1.29 is 19.6 Å². The van der Waals surface area contributed by atoms with Crippen LogP contribution in [-0.4, -0.2) is 33.9 Å². The summed E-state index contributed by atoms with van der Waals surface area (Å²) in [5.74, 6) is -1.84. The first-order valence-electron chi connectivity index (χ1n) is 6.14. The lowest BCUT2D eigenvalue weighted by Gasteiger charge is -2.29. The number of amides is 1. The predicted molar refractivity (Wildman–Crippen MR) is 71.5 cm³/mol. The van der Waals surface area contributed by atoms with Gasteiger partial charge in [0.15, 0.2) is 0 Å². The average Bonchev–Trinajstić information content (AvgIpc) is 2.80. The quantitative estimate of drug-likeness (QED) is 0.679. The van der Waals surface area contributed by atoms with E-state index < -0.39 is 22.9 Å². The topological polar surface area (TPSA) is 101 Å². The second-order valence-corrected chi connectivity index (χ2v) is 5.81. The van der Waals surface area contributed by atoms with E-state index >= 15 is 0 Å². The molecule has 1 saturated heterocycles. The van der Waals surface area contributed by atoms with Gasteiger partial charge in [-0.2, -0.15) is 0 Å². The van der Waals surface area contributed by atoms with Crippen LogP contribution in [0.15, 0.2) is 12.1 Å². The van der Waals surface area contributed by atoms with E-state index in [1.165, 1.54) is 11.0 Å². The largest absolute Gasteiger partial charge is 0.481 e. The van der Waals surface area contributed by atoms with Crippen molar-refractivity contribution in [3.8, 4) is 0 Å². The van der Waals surface area contributed by atoms with Crippen LogP contribution in [0.25, 0.3) is 0 Å². The number of aliphatic carboxylic acids is 1. The van der Waals surface area contributed by atoms with Gasteiger partial charge in [0.05, 0.1) is 16.9 Å². The van der Waals surface area contributed by atoms with E-state index in [0.29, 0.717) is 24.1 Å². The van der Waals surface area contributed by atoms with Gasteiger partial charge >= 0.3 is 11.0 Å². The molecule has 2 unspecified atom stereocenters. The Morgan fingerprint density at radius 1 is 1.55 bits per heavy atom. The normalized spacial score (nSPS) is 23.4. The highest BCUT2D eigenvalue weighted by Gasteiger charge is 2.38. The van der Waals surface area contributed by atoms with Gasteiger partial charge < -0.3 is 10.0 Å². The molecular formula is C12H14N2O5S. The zero-order chi connectivity index (χ0) is 14.9. The van der Waals surface area contributed by atoms with E-state index in [2.05, 4.69) is 0 Å². The average molecular weight is 298 g/mol. The summed E-state index contributed by atoms with van der Waals surface area (Å²) in [6.45, 7) is 0. The van der Waals surface area contributed by atoms with Gasteiger partial charge in [0.2, 0.25) is 5.91 Å². The van der Waals surface area contributed by atoms with Crippen LogP contribution in [0.2, 0.25) is 0 Å². The lowest BCUT2D eigenvalue weighted by Crippen LogP contribution is -2.35. The molecule has 20 heavy (non-hydrogen) atoms. The Hall–Kier alpha value is -1.96. The number of thiophene rings is 1. The molecule has 1 aromatic rings. The Morgan fingerprint density at radius 3 is 2.80 bits per heavy atom. The zero-order valence-corrected chi connectivity index (χ0v) is 11.6. The fourth-order valence-corrected chi connectivity index (χ4v) is 3.51. The number of hydrogen-bond donors (Lipinski definition) is 1. The van der Waals surface area contributed by atoms with Gasteiger partial charge in [-0.25, -0.2) is 0 Å². The van der Waals surface area contributed by atoms with Crippen LogP contribution in [0.1, 0.15) is 30.2 Å². The third kappa shape index (κ3) is 2.64. The molecule has 0 bridgehead atoms. The molecule has 0 saturated carbocycles. The minimum atomic E-state index is -0.979. The van der Waals surface area contributed by atoms with E-state index in [9.17, 15) is 24.8 Å².